The molecule has 10 heteroatoms. The molecule has 47 heavy (non-hydrogen) atoms. The van der Waals surface area contributed by atoms with Crippen LogP contribution in [0.1, 0.15) is 73.1 Å². The van der Waals surface area contributed by atoms with Gasteiger partial charge in [0, 0.05) is 48.8 Å². The molecule has 7 unspecified atom stereocenters. The molecule has 0 bridgehead atoms. The Morgan fingerprint density at radius 2 is 1.51 bits per heavy atom. The summed E-state index contributed by atoms with van der Waals surface area (Å²) < 4.78 is 0. The Morgan fingerprint density at radius 1 is 0.894 bits per heavy atom. The normalized spacial score (nSPS) is 32.4. The van der Waals surface area contributed by atoms with E-state index in [1.54, 1.807) is 6.20 Å². The number of fused-ring (bicyclic) bond motifs is 3. The monoisotopic (exact) mass is 650 g/mol. The van der Waals surface area contributed by atoms with Crippen LogP contribution in [0.25, 0.3) is 0 Å². The lowest BCUT2D eigenvalue weighted by Gasteiger charge is -2.46. The summed E-state index contributed by atoms with van der Waals surface area (Å²) in [5.74, 6) is 0.659. The van der Waals surface area contributed by atoms with Gasteiger partial charge in [-0.05, 0) is 62.0 Å². The van der Waals surface area contributed by atoms with Gasteiger partial charge in [-0.1, -0.05) is 74.1 Å². The molecule has 262 valence electrons. The number of nitrogens with zero attached hydrogens (tertiary/aromatic N) is 4. The van der Waals surface area contributed by atoms with E-state index in [0.717, 1.165) is 74.5 Å². The highest BCUT2D eigenvalue weighted by Gasteiger charge is 2.41. The van der Waals surface area contributed by atoms with E-state index in [-0.39, 0.29) is 60.3 Å². The zero-order valence-corrected chi connectivity index (χ0v) is 29.7. The first-order valence-corrected chi connectivity index (χ1v) is 17.7. The maximum atomic E-state index is 14.3. The zero-order valence-electron chi connectivity index (χ0n) is 29.7. The fraction of sp³-hybridized carbons (Fsp3) is 0.649. The van der Waals surface area contributed by atoms with Crippen molar-refractivity contribution in [3.63, 3.8) is 0 Å². The van der Waals surface area contributed by atoms with E-state index in [0.29, 0.717) is 18.0 Å². The number of hydrazine groups is 2. The van der Waals surface area contributed by atoms with Gasteiger partial charge in [0.25, 0.3) is 0 Å². The van der Waals surface area contributed by atoms with Crippen LogP contribution in [0, 0.1) is 23.7 Å². The average Bonchev–Trinajstić information content (AvgIpc) is 3.44. The lowest BCUT2D eigenvalue weighted by atomic mass is 9.80. The van der Waals surface area contributed by atoms with Crippen molar-refractivity contribution in [2.45, 2.75) is 103 Å². The van der Waals surface area contributed by atoms with Crippen LogP contribution in [0.5, 0.6) is 0 Å². The van der Waals surface area contributed by atoms with Gasteiger partial charge in [-0.3, -0.25) is 15.1 Å². The summed E-state index contributed by atoms with van der Waals surface area (Å²) in [6, 6.07) is -0.933. The molecule has 4 fully saturated rings. The van der Waals surface area contributed by atoms with Crippen LogP contribution in [0.2, 0.25) is 0 Å². The van der Waals surface area contributed by atoms with Gasteiger partial charge in [0.05, 0.1) is 42.5 Å². The van der Waals surface area contributed by atoms with Gasteiger partial charge in [0.15, 0.2) is 5.78 Å². The van der Waals surface area contributed by atoms with Crippen molar-refractivity contribution in [3.8, 4) is 0 Å². The van der Waals surface area contributed by atoms with E-state index in [1.165, 1.54) is 5.06 Å². The standard InChI is InChI=1S/C37H62N8O2/c1-12-38-36-30(11)45-33(16-14-19-40-45)29(10)43(47)22-26(7)44-32(15-13-18-39-44)28(9)42-20-17-25(6)37(42)27(8)41-35(24(4)5)34(46)21-31(36)23(2)3/h12,23-25,31-33,35-41,47H,1,7-11,13-22H2,2-6H3. The lowest BCUT2D eigenvalue weighted by molar-refractivity contribution is -0.123. The first kappa shape index (κ1) is 36.6. The number of rotatable bonds is 4. The molecule has 4 aliphatic heterocycles. The number of ketones is 1. The highest BCUT2D eigenvalue weighted by molar-refractivity contribution is 5.85. The third kappa shape index (κ3) is 7.92. The predicted molar refractivity (Wildman–Crippen MR) is 191 cm³/mol. The van der Waals surface area contributed by atoms with Crippen LogP contribution in [0.4, 0.5) is 0 Å². The number of hydrogen-bond donors (Lipinski definition) is 5. The lowest BCUT2D eigenvalue weighted by Crippen LogP contribution is -2.57. The third-order valence-electron chi connectivity index (χ3n) is 10.7. The van der Waals surface area contributed by atoms with Crippen molar-refractivity contribution in [2.75, 3.05) is 26.2 Å². The molecular formula is C37H62N8O2. The molecule has 0 saturated carbocycles. The van der Waals surface area contributed by atoms with Crippen LogP contribution in [0.3, 0.4) is 0 Å². The van der Waals surface area contributed by atoms with Gasteiger partial charge in [0.2, 0.25) is 0 Å². The smallest absolute Gasteiger partial charge is 0.155 e. The fourth-order valence-corrected chi connectivity index (χ4v) is 7.99. The highest BCUT2D eigenvalue weighted by atomic mass is 16.5. The molecule has 7 atom stereocenters. The molecule has 5 N–H and O–H groups in total. The number of carbonyl (C=O) groups is 1. The van der Waals surface area contributed by atoms with E-state index in [2.05, 4.69) is 105 Å². The quantitative estimate of drug-likeness (QED) is 0.291. The summed E-state index contributed by atoms with van der Waals surface area (Å²) in [4.78, 5) is 16.7. The summed E-state index contributed by atoms with van der Waals surface area (Å²) in [5, 5.41) is 23.9. The van der Waals surface area contributed by atoms with Crippen LogP contribution >= 0.6 is 0 Å². The van der Waals surface area contributed by atoms with Crippen LogP contribution in [-0.2, 0) is 4.79 Å². The third-order valence-corrected chi connectivity index (χ3v) is 10.7. The summed E-state index contributed by atoms with van der Waals surface area (Å²) >= 11 is 0. The van der Waals surface area contributed by atoms with Crippen molar-refractivity contribution in [2.24, 2.45) is 23.7 Å². The van der Waals surface area contributed by atoms with Gasteiger partial charge in [-0.2, -0.15) is 0 Å². The van der Waals surface area contributed by atoms with Crippen LogP contribution in [0.15, 0.2) is 74.2 Å². The van der Waals surface area contributed by atoms with Crippen molar-refractivity contribution in [1.29, 1.82) is 0 Å². The average molecular weight is 651 g/mol. The van der Waals surface area contributed by atoms with E-state index in [9.17, 15) is 10.0 Å². The van der Waals surface area contributed by atoms with E-state index >= 15 is 0 Å². The maximum Gasteiger partial charge on any atom is 0.155 e. The van der Waals surface area contributed by atoms with E-state index in [1.807, 2.05) is 5.01 Å². The van der Waals surface area contributed by atoms with E-state index in [4.69, 9.17) is 0 Å². The Kier molecular flexibility index (Phi) is 12.3. The van der Waals surface area contributed by atoms with Crippen molar-refractivity contribution >= 4 is 5.78 Å². The number of Topliss-reactive ketones (excluding diaryl/α,β-unsaturated/α-hetero) is 1. The van der Waals surface area contributed by atoms with Gasteiger partial charge < -0.3 is 25.6 Å². The summed E-state index contributed by atoms with van der Waals surface area (Å²) in [6.07, 6.45) is 6.68. The molecule has 0 aromatic rings. The van der Waals surface area contributed by atoms with Crippen molar-refractivity contribution in [1.82, 2.24) is 41.5 Å². The molecule has 0 aromatic carbocycles. The Morgan fingerprint density at radius 3 is 2.11 bits per heavy atom. The Labute approximate surface area is 284 Å². The van der Waals surface area contributed by atoms with Gasteiger partial charge >= 0.3 is 0 Å². The van der Waals surface area contributed by atoms with Crippen LogP contribution in [-0.4, -0.2) is 87.4 Å². The van der Waals surface area contributed by atoms with Gasteiger partial charge in [0.1, 0.15) is 0 Å². The molecule has 4 aliphatic rings. The molecular weight excluding hydrogens is 588 g/mol. The van der Waals surface area contributed by atoms with Gasteiger partial charge in [-0.15, -0.1) is 0 Å². The number of carbonyl (C=O) groups excluding carboxylic acids is 1. The van der Waals surface area contributed by atoms with Crippen molar-refractivity contribution in [3.05, 3.63) is 74.2 Å². The largest absolute Gasteiger partial charge is 0.383 e. The second kappa shape index (κ2) is 15.8. The molecule has 4 saturated heterocycles. The SMILES string of the molecule is C=CNC1C(=C)N2NCCCC2C(=C)N(O)CC(=C)N2NCCCC2C(=C)N2CCC(C)C2C(=C)NC(C(C)C)C(=O)CC1C(C)C. The number of hydroxylamine groups is 2. The topological polar surface area (TPSA) is 98.4 Å². The number of nitrogens with one attached hydrogen (secondary N) is 4. The summed E-state index contributed by atoms with van der Waals surface area (Å²) in [5.41, 5.74) is 11.0. The minimum atomic E-state index is -0.386. The first-order chi connectivity index (χ1) is 22.3. The maximum absolute atomic E-state index is 14.3. The first-order valence-electron chi connectivity index (χ1n) is 17.7. The zero-order chi connectivity index (χ0) is 34.6. The van der Waals surface area contributed by atoms with Crippen molar-refractivity contribution < 1.29 is 10.0 Å². The Hall–Kier alpha value is -3.21. The van der Waals surface area contributed by atoms with E-state index < -0.39 is 0 Å². The minimum Gasteiger partial charge on any atom is -0.383 e. The Balaban J connectivity index is 1.78. The molecule has 0 aliphatic carbocycles. The number of hydrogen-bond acceptors (Lipinski definition) is 10. The molecule has 4 rings (SSSR count). The second-order valence-electron chi connectivity index (χ2n) is 14.7. The highest BCUT2D eigenvalue weighted by Crippen LogP contribution is 2.36. The second-order valence-corrected chi connectivity index (χ2v) is 14.7. The fourth-order valence-electron chi connectivity index (χ4n) is 7.99. The summed E-state index contributed by atoms with van der Waals surface area (Å²) in [7, 11) is 0. The predicted octanol–water partition coefficient (Wildman–Crippen LogP) is 4.86. The molecule has 4 heterocycles. The molecule has 0 aromatic heterocycles. The molecule has 0 spiro atoms. The van der Waals surface area contributed by atoms with Gasteiger partial charge in [-0.25, -0.2) is 10.9 Å². The Bertz CT molecular complexity index is 1210. The molecule has 0 radical (unpaired) electrons. The van der Waals surface area contributed by atoms with Crippen LogP contribution < -0.4 is 21.5 Å². The molecule has 10 nitrogen and oxygen atoms in total. The summed E-state index contributed by atoms with van der Waals surface area (Å²) in [6.45, 7) is 39.9. The molecule has 0 amide bonds. The minimum absolute atomic E-state index is 0.00245.